The van der Waals surface area contributed by atoms with Gasteiger partial charge in [0.05, 0.1) is 12.7 Å². The number of H-pyrrole nitrogens is 1. The van der Waals surface area contributed by atoms with Crippen molar-refractivity contribution in [3.63, 3.8) is 0 Å². The molecule has 6 atom stereocenters. The van der Waals surface area contributed by atoms with Crippen LogP contribution in [0.2, 0.25) is 0 Å². The SMILES string of the molecule is CC(C)OC(=O)C(C)NP(C)(=O)Oc1ccccc1.C[C@@]1(F)[C@H](O)[C@@H](CO)O[C@H]1n1ccc(=O)[nH]c1=O. The summed E-state index contributed by atoms with van der Waals surface area (Å²) >= 11 is 0. The molecule has 1 aliphatic heterocycles. The molecule has 0 radical (unpaired) electrons. The highest BCUT2D eigenvalue weighted by Gasteiger charge is 2.55. The van der Waals surface area contributed by atoms with Crippen LogP contribution in [0.3, 0.4) is 0 Å². The van der Waals surface area contributed by atoms with E-state index in [-0.39, 0.29) is 6.10 Å². The van der Waals surface area contributed by atoms with Gasteiger partial charge < -0.3 is 24.2 Å². The number of carbonyl (C=O) groups excluding carboxylic acids is 1. The van der Waals surface area contributed by atoms with E-state index in [4.69, 9.17) is 19.1 Å². The molecule has 2 aromatic rings. The number of aliphatic hydroxyl groups is 2. The van der Waals surface area contributed by atoms with Crippen LogP contribution in [0.4, 0.5) is 4.39 Å². The zero-order chi connectivity index (χ0) is 28.0. The van der Waals surface area contributed by atoms with Crippen LogP contribution in [0.5, 0.6) is 5.75 Å². The Kier molecular flexibility index (Phi) is 10.4. The average molecular weight is 546 g/mol. The summed E-state index contributed by atoms with van der Waals surface area (Å²) in [6.07, 6.45) is -3.22. The van der Waals surface area contributed by atoms with Crippen molar-refractivity contribution in [2.45, 2.75) is 63.9 Å². The van der Waals surface area contributed by atoms with E-state index in [9.17, 15) is 28.4 Å². The minimum atomic E-state index is -3.12. The predicted octanol–water partition coefficient (Wildman–Crippen LogP) is 1.33. The Morgan fingerprint density at radius 1 is 1.27 bits per heavy atom. The van der Waals surface area contributed by atoms with Crippen molar-refractivity contribution < 1.29 is 38.0 Å². The highest BCUT2D eigenvalue weighted by atomic mass is 31.2. The fourth-order valence-electron chi connectivity index (χ4n) is 3.42. The van der Waals surface area contributed by atoms with E-state index in [1.807, 2.05) is 11.1 Å². The molecule has 4 N–H and O–H groups in total. The second-order valence-corrected chi connectivity index (χ2v) is 11.0. The second kappa shape index (κ2) is 12.6. The second-order valence-electron chi connectivity index (χ2n) is 8.91. The molecule has 0 amide bonds. The maximum atomic E-state index is 14.3. The molecule has 0 saturated carbocycles. The number of nitrogens with zero attached hydrogens (tertiary/aromatic N) is 1. The lowest BCUT2D eigenvalue weighted by Gasteiger charge is -2.24. The van der Waals surface area contributed by atoms with E-state index in [1.165, 1.54) is 6.66 Å². The minimum Gasteiger partial charge on any atom is -0.462 e. The molecule has 1 aromatic carbocycles. The topological polar surface area (TPSA) is 169 Å². The number of alkyl halides is 1. The van der Waals surface area contributed by atoms with Crippen LogP contribution in [0.15, 0.2) is 52.2 Å². The third-order valence-corrected chi connectivity index (χ3v) is 6.57. The molecule has 2 heterocycles. The van der Waals surface area contributed by atoms with Crippen LogP contribution in [-0.4, -0.2) is 69.0 Å². The number of aliphatic hydroxyl groups excluding tert-OH is 2. The zero-order valence-electron chi connectivity index (χ0n) is 21.2. The van der Waals surface area contributed by atoms with E-state index < -0.39 is 61.5 Å². The minimum absolute atomic E-state index is 0.206. The first-order valence-corrected chi connectivity index (χ1v) is 13.5. The standard InChI is InChI=1S/C13H20NO4P.C10H13FN2O5/c1-10(2)17-13(15)11(3)14-19(4,16)18-12-8-6-5-7-9-12;1-10(11)7(16)5(4-14)18-8(10)13-3-2-6(15)12-9(13)17/h5-11H,1-4H3,(H,14,16);2-3,5,7-8,14,16H,4H2,1H3,(H,12,15,17)/t;5-,7-,8-,10-/m.1/s1. The van der Waals surface area contributed by atoms with Crippen molar-refractivity contribution in [1.29, 1.82) is 0 Å². The highest BCUT2D eigenvalue weighted by Crippen LogP contribution is 2.40. The maximum absolute atomic E-state index is 14.3. The number of para-hydroxylation sites is 1. The van der Waals surface area contributed by atoms with Gasteiger partial charge in [0.2, 0.25) is 0 Å². The number of esters is 1. The van der Waals surface area contributed by atoms with Gasteiger partial charge in [-0.15, -0.1) is 0 Å². The number of hydrogen-bond donors (Lipinski definition) is 4. The summed E-state index contributed by atoms with van der Waals surface area (Å²) in [5.74, 6) is 0.0407. The van der Waals surface area contributed by atoms with Crippen molar-refractivity contribution in [3.8, 4) is 5.75 Å². The number of carbonyl (C=O) groups is 1. The van der Waals surface area contributed by atoms with Crippen LogP contribution in [-0.2, 0) is 18.8 Å². The summed E-state index contributed by atoms with van der Waals surface area (Å²) in [7, 11) is -3.12. The van der Waals surface area contributed by atoms with Crippen molar-refractivity contribution in [2.75, 3.05) is 13.3 Å². The Morgan fingerprint density at radius 3 is 2.41 bits per heavy atom. The molecule has 1 aliphatic rings. The molecule has 37 heavy (non-hydrogen) atoms. The molecule has 3 rings (SSSR count). The van der Waals surface area contributed by atoms with E-state index in [0.717, 1.165) is 23.8 Å². The van der Waals surface area contributed by atoms with Crippen LogP contribution >= 0.6 is 7.52 Å². The van der Waals surface area contributed by atoms with Gasteiger partial charge in [0.25, 0.3) is 5.56 Å². The van der Waals surface area contributed by atoms with Crippen molar-refractivity contribution in [1.82, 2.24) is 14.6 Å². The number of benzene rings is 1. The van der Waals surface area contributed by atoms with Gasteiger partial charge in [0.15, 0.2) is 11.9 Å². The molecule has 0 aliphatic carbocycles. The lowest BCUT2D eigenvalue weighted by atomic mass is 9.98. The van der Waals surface area contributed by atoms with Gasteiger partial charge in [-0.2, -0.15) is 0 Å². The van der Waals surface area contributed by atoms with E-state index in [2.05, 4.69) is 5.09 Å². The molecule has 1 aromatic heterocycles. The zero-order valence-corrected chi connectivity index (χ0v) is 22.1. The third-order valence-electron chi connectivity index (χ3n) is 5.16. The molecular formula is C23H33FN3O9P. The predicted molar refractivity (Wildman–Crippen MR) is 132 cm³/mol. The van der Waals surface area contributed by atoms with Gasteiger partial charge in [-0.3, -0.25) is 23.7 Å². The molecule has 12 nitrogen and oxygen atoms in total. The summed E-state index contributed by atoms with van der Waals surface area (Å²) < 4.78 is 42.9. The molecule has 0 bridgehead atoms. The summed E-state index contributed by atoms with van der Waals surface area (Å²) in [6.45, 7) is 7.03. The number of nitrogens with one attached hydrogen (secondary N) is 2. The number of hydrogen-bond acceptors (Lipinski definition) is 9. The monoisotopic (exact) mass is 545 g/mol. The van der Waals surface area contributed by atoms with Crippen molar-refractivity contribution >= 4 is 13.5 Å². The lowest BCUT2D eigenvalue weighted by Crippen LogP contribution is -2.43. The molecular weight excluding hydrogens is 512 g/mol. The first kappa shape index (κ1) is 30.4. The van der Waals surface area contributed by atoms with Gasteiger partial charge in [-0.1, -0.05) is 18.2 Å². The Morgan fingerprint density at radius 2 is 1.89 bits per heavy atom. The van der Waals surface area contributed by atoms with Gasteiger partial charge in [-0.25, -0.2) is 14.3 Å². The number of halogens is 1. The fraction of sp³-hybridized carbons (Fsp3) is 0.522. The number of ether oxygens (including phenoxy) is 2. The number of rotatable bonds is 8. The first-order valence-electron chi connectivity index (χ1n) is 11.4. The van der Waals surface area contributed by atoms with E-state index in [1.54, 1.807) is 45.0 Å². The summed E-state index contributed by atoms with van der Waals surface area (Å²) in [6, 6.07) is 9.16. The average Bonchev–Trinajstić information content (AvgIpc) is 3.02. The molecule has 1 saturated heterocycles. The Labute approximate surface area is 212 Å². The van der Waals surface area contributed by atoms with Crippen molar-refractivity contribution in [2.24, 2.45) is 0 Å². The van der Waals surface area contributed by atoms with Crippen molar-refractivity contribution in [3.05, 3.63) is 63.4 Å². The summed E-state index contributed by atoms with van der Waals surface area (Å²) in [5, 5.41) is 21.3. The van der Waals surface area contributed by atoms with E-state index in [0.29, 0.717) is 5.75 Å². The summed E-state index contributed by atoms with van der Waals surface area (Å²) in [4.78, 5) is 36.0. The van der Waals surface area contributed by atoms with Gasteiger partial charge in [0.1, 0.15) is 24.0 Å². The molecule has 206 valence electrons. The fourth-order valence-corrected chi connectivity index (χ4v) is 4.81. The largest absolute Gasteiger partial charge is 0.462 e. The Hall–Kier alpha value is -2.83. The van der Waals surface area contributed by atoms with Gasteiger partial charge >= 0.3 is 19.2 Å². The maximum Gasteiger partial charge on any atom is 0.330 e. The number of aromatic nitrogens is 2. The number of aromatic amines is 1. The smallest absolute Gasteiger partial charge is 0.330 e. The molecule has 2 unspecified atom stereocenters. The van der Waals surface area contributed by atoms with Crippen LogP contribution in [0, 0.1) is 0 Å². The molecule has 1 fully saturated rings. The summed E-state index contributed by atoms with van der Waals surface area (Å²) in [5.41, 5.74) is -3.72. The van der Waals surface area contributed by atoms with E-state index >= 15 is 0 Å². The molecule has 14 heteroatoms. The third kappa shape index (κ3) is 8.34. The van der Waals surface area contributed by atoms with Crippen LogP contribution in [0.25, 0.3) is 0 Å². The molecule has 0 spiro atoms. The highest BCUT2D eigenvalue weighted by molar-refractivity contribution is 7.56. The lowest BCUT2D eigenvalue weighted by molar-refractivity contribution is -0.149. The normalized spacial score (nSPS) is 25.5. The van der Waals surface area contributed by atoms with Gasteiger partial charge in [-0.05, 0) is 39.8 Å². The Balaban J connectivity index is 0.000000260. The first-order chi connectivity index (χ1) is 17.2. The van der Waals surface area contributed by atoms with Gasteiger partial charge in [0, 0.05) is 18.9 Å². The van der Waals surface area contributed by atoms with Crippen LogP contribution in [0.1, 0.15) is 33.9 Å². The van der Waals surface area contributed by atoms with Crippen LogP contribution < -0.4 is 20.9 Å². The quantitative estimate of drug-likeness (QED) is 0.280. The Bertz CT molecular complexity index is 1200.